The molecular weight excluding hydrogens is 428 g/mol. The molecule has 34 heavy (non-hydrogen) atoms. The first-order valence-corrected chi connectivity index (χ1v) is 12.1. The van der Waals surface area contributed by atoms with Crippen LogP contribution in [0.25, 0.3) is 5.76 Å². The average Bonchev–Trinajstić information content (AvgIpc) is 3.08. The van der Waals surface area contributed by atoms with Gasteiger partial charge in [-0.25, -0.2) is 0 Å². The van der Waals surface area contributed by atoms with Crippen molar-refractivity contribution in [3.05, 3.63) is 70.8 Å². The summed E-state index contributed by atoms with van der Waals surface area (Å²) in [7, 11) is 0. The van der Waals surface area contributed by atoms with Gasteiger partial charge in [0.05, 0.1) is 18.2 Å². The highest BCUT2D eigenvalue weighted by atomic mass is 16.5. The molecular formula is C28H36N2O4. The van der Waals surface area contributed by atoms with Crippen molar-refractivity contribution in [1.29, 1.82) is 0 Å². The van der Waals surface area contributed by atoms with E-state index in [0.717, 1.165) is 24.2 Å². The van der Waals surface area contributed by atoms with Gasteiger partial charge in [0.15, 0.2) is 0 Å². The van der Waals surface area contributed by atoms with Crippen LogP contribution < -0.4 is 4.74 Å². The summed E-state index contributed by atoms with van der Waals surface area (Å²) < 4.78 is 5.80. The van der Waals surface area contributed by atoms with Gasteiger partial charge >= 0.3 is 0 Å². The lowest BCUT2D eigenvalue weighted by Crippen LogP contribution is -2.38. The number of Topliss-reactive ketones (excluding diaryl/α,β-unsaturated/α-hetero) is 1. The normalized spacial score (nSPS) is 17.7. The van der Waals surface area contributed by atoms with E-state index in [1.165, 1.54) is 0 Å². The summed E-state index contributed by atoms with van der Waals surface area (Å²) in [6, 6.07) is 14.2. The van der Waals surface area contributed by atoms with Crippen molar-refractivity contribution in [3.63, 3.8) is 0 Å². The van der Waals surface area contributed by atoms with E-state index in [2.05, 4.69) is 32.6 Å². The number of amides is 1. The smallest absolute Gasteiger partial charge is 0.295 e. The van der Waals surface area contributed by atoms with Crippen LogP contribution in [0.4, 0.5) is 0 Å². The second-order valence-corrected chi connectivity index (χ2v) is 9.11. The van der Waals surface area contributed by atoms with E-state index in [-0.39, 0.29) is 11.3 Å². The average molecular weight is 465 g/mol. The summed E-state index contributed by atoms with van der Waals surface area (Å²) in [5, 5.41) is 11.3. The minimum Gasteiger partial charge on any atom is -0.507 e. The fraction of sp³-hybridized carbons (Fsp3) is 0.429. The first kappa shape index (κ1) is 25.5. The van der Waals surface area contributed by atoms with E-state index >= 15 is 0 Å². The summed E-state index contributed by atoms with van der Waals surface area (Å²) in [4.78, 5) is 30.1. The van der Waals surface area contributed by atoms with Gasteiger partial charge in [-0.2, -0.15) is 0 Å². The molecule has 182 valence electrons. The molecule has 6 nitrogen and oxygen atoms in total. The highest BCUT2D eigenvalue weighted by molar-refractivity contribution is 6.46. The molecule has 0 spiro atoms. The molecule has 6 heteroatoms. The van der Waals surface area contributed by atoms with Crippen LogP contribution >= 0.6 is 0 Å². The first-order valence-electron chi connectivity index (χ1n) is 12.1. The molecule has 0 saturated carbocycles. The van der Waals surface area contributed by atoms with E-state index in [1.807, 2.05) is 43.3 Å². The Kier molecular flexibility index (Phi) is 8.51. The van der Waals surface area contributed by atoms with Crippen molar-refractivity contribution >= 4 is 17.4 Å². The molecule has 1 aliphatic rings. The van der Waals surface area contributed by atoms with Crippen LogP contribution in [0, 0.1) is 12.8 Å². The maximum absolute atomic E-state index is 13.2. The van der Waals surface area contributed by atoms with Gasteiger partial charge in [-0.15, -0.1) is 0 Å². The third-order valence-electron chi connectivity index (χ3n) is 6.24. The van der Waals surface area contributed by atoms with Gasteiger partial charge in [-0.3, -0.25) is 9.59 Å². The maximum Gasteiger partial charge on any atom is 0.295 e. The Morgan fingerprint density at radius 1 is 1.09 bits per heavy atom. The predicted octanol–water partition coefficient (Wildman–Crippen LogP) is 4.79. The van der Waals surface area contributed by atoms with Crippen LogP contribution in [0.1, 0.15) is 50.4 Å². The van der Waals surface area contributed by atoms with E-state index in [4.69, 9.17) is 4.74 Å². The number of likely N-dealkylation sites (N-methyl/N-ethyl adjacent to an activating group) is 1. The topological polar surface area (TPSA) is 70.1 Å². The quantitative estimate of drug-likeness (QED) is 0.311. The summed E-state index contributed by atoms with van der Waals surface area (Å²) in [5.41, 5.74) is 2.24. The minimum atomic E-state index is -0.648. The van der Waals surface area contributed by atoms with Gasteiger partial charge in [0.1, 0.15) is 11.5 Å². The largest absolute Gasteiger partial charge is 0.507 e. The number of ketones is 1. The Morgan fingerprint density at radius 2 is 1.76 bits per heavy atom. The van der Waals surface area contributed by atoms with Gasteiger partial charge in [-0.05, 0) is 55.3 Å². The highest BCUT2D eigenvalue weighted by Crippen LogP contribution is 2.40. The molecule has 1 atom stereocenters. The molecule has 1 aliphatic heterocycles. The number of hydrogen-bond acceptors (Lipinski definition) is 5. The molecule has 0 bridgehead atoms. The Morgan fingerprint density at radius 3 is 2.35 bits per heavy atom. The number of ether oxygens (including phenoxy) is 1. The molecule has 1 fully saturated rings. The van der Waals surface area contributed by atoms with Crippen molar-refractivity contribution in [2.24, 2.45) is 5.92 Å². The van der Waals surface area contributed by atoms with Crippen molar-refractivity contribution in [2.75, 3.05) is 32.8 Å². The maximum atomic E-state index is 13.2. The molecule has 1 amide bonds. The Hall–Kier alpha value is -3.12. The fourth-order valence-electron chi connectivity index (χ4n) is 4.28. The Balaban J connectivity index is 2.03. The molecule has 0 unspecified atom stereocenters. The van der Waals surface area contributed by atoms with E-state index in [0.29, 0.717) is 36.9 Å². The molecule has 0 radical (unpaired) electrons. The predicted molar refractivity (Wildman–Crippen MR) is 135 cm³/mol. The summed E-state index contributed by atoms with van der Waals surface area (Å²) in [5.74, 6) is -0.262. The number of likely N-dealkylation sites (tertiary alicyclic amines) is 1. The van der Waals surface area contributed by atoms with Crippen LogP contribution in [0.3, 0.4) is 0 Å². The van der Waals surface area contributed by atoms with E-state index < -0.39 is 17.7 Å². The standard InChI is InChI=1S/C28H36N2O4/c1-6-29(7-2)15-16-30-25(21-11-9-8-10-12-21)24(27(32)28(30)33)26(31)23-14-13-22(17-20(23)5)34-18-19(3)4/h8-14,17,19,25,31H,6-7,15-16,18H2,1-5H3/t25-/m0/s1. The first-order chi connectivity index (χ1) is 16.3. The molecule has 0 aromatic heterocycles. The Labute approximate surface area is 202 Å². The molecule has 2 aromatic carbocycles. The molecule has 1 saturated heterocycles. The zero-order valence-electron chi connectivity index (χ0n) is 20.9. The lowest BCUT2D eigenvalue weighted by Gasteiger charge is -2.28. The zero-order chi connectivity index (χ0) is 24.8. The van der Waals surface area contributed by atoms with Crippen LogP contribution in [-0.2, 0) is 9.59 Å². The summed E-state index contributed by atoms with van der Waals surface area (Å²) >= 11 is 0. The number of aliphatic hydroxyl groups excluding tert-OH is 1. The number of benzene rings is 2. The van der Waals surface area contributed by atoms with Gasteiger partial charge in [0.25, 0.3) is 11.7 Å². The van der Waals surface area contributed by atoms with E-state index in [1.54, 1.807) is 17.0 Å². The number of hydrogen-bond donors (Lipinski definition) is 1. The number of aliphatic hydroxyl groups is 1. The van der Waals surface area contributed by atoms with Gasteiger partial charge < -0.3 is 19.6 Å². The van der Waals surface area contributed by atoms with Crippen LogP contribution in [0.2, 0.25) is 0 Å². The lowest BCUT2D eigenvalue weighted by molar-refractivity contribution is -0.140. The molecule has 1 heterocycles. The number of carbonyl (C=O) groups is 2. The highest BCUT2D eigenvalue weighted by Gasteiger charge is 2.46. The van der Waals surface area contributed by atoms with Crippen LogP contribution in [0.15, 0.2) is 54.1 Å². The van der Waals surface area contributed by atoms with E-state index in [9.17, 15) is 14.7 Å². The molecule has 3 rings (SSSR count). The van der Waals surface area contributed by atoms with Gasteiger partial charge in [-0.1, -0.05) is 58.0 Å². The van der Waals surface area contributed by atoms with Gasteiger partial charge in [0.2, 0.25) is 0 Å². The second kappa shape index (κ2) is 11.3. The number of nitrogens with zero attached hydrogens (tertiary/aromatic N) is 2. The summed E-state index contributed by atoms with van der Waals surface area (Å²) in [6.45, 7) is 13.6. The molecule has 1 N–H and O–H groups in total. The lowest BCUT2D eigenvalue weighted by atomic mass is 9.94. The SMILES string of the molecule is CCN(CC)CCN1C(=O)C(=O)C(=C(O)c2ccc(OCC(C)C)cc2C)[C@@H]1c1ccccc1. The molecule has 0 aliphatic carbocycles. The van der Waals surface area contributed by atoms with Crippen molar-refractivity contribution in [1.82, 2.24) is 9.80 Å². The molecule has 2 aromatic rings. The minimum absolute atomic E-state index is 0.134. The monoisotopic (exact) mass is 464 g/mol. The van der Waals surface area contributed by atoms with Crippen molar-refractivity contribution in [3.8, 4) is 5.75 Å². The summed E-state index contributed by atoms with van der Waals surface area (Å²) in [6.07, 6.45) is 0. The second-order valence-electron chi connectivity index (χ2n) is 9.11. The third-order valence-corrected chi connectivity index (χ3v) is 6.24. The zero-order valence-corrected chi connectivity index (χ0v) is 20.9. The number of aryl methyl sites for hydroxylation is 1. The van der Waals surface area contributed by atoms with Crippen molar-refractivity contribution < 1.29 is 19.4 Å². The van der Waals surface area contributed by atoms with Crippen LogP contribution in [0.5, 0.6) is 5.75 Å². The van der Waals surface area contributed by atoms with Gasteiger partial charge in [0, 0.05) is 18.7 Å². The fourth-order valence-corrected chi connectivity index (χ4v) is 4.28. The number of carbonyl (C=O) groups excluding carboxylic acids is 2. The van der Waals surface area contributed by atoms with Crippen LogP contribution in [-0.4, -0.2) is 59.4 Å². The number of rotatable bonds is 10. The Bertz CT molecular complexity index is 1040. The third kappa shape index (κ3) is 5.50. The van der Waals surface area contributed by atoms with Crippen molar-refractivity contribution in [2.45, 2.75) is 40.7 Å².